The van der Waals surface area contributed by atoms with E-state index in [0.29, 0.717) is 58.0 Å². The van der Waals surface area contributed by atoms with Crippen molar-refractivity contribution >= 4 is 52.8 Å². The number of hydrogen-bond donors (Lipinski definition) is 1. The number of esters is 2. The van der Waals surface area contributed by atoms with Crippen molar-refractivity contribution in [2.45, 2.75) is 39.7 Å². The molecule has 3 aromatic rings. The van der Waals surface area contributed by atoms with Crippen molar-refractivity contribution in [3.05, 3.63) is 93.5 Å². The molecule has 0 spiro atoms. The summed E-state index contributed by atoms with van der Waals surface area (Å²) in [7, 11) is 1.34. The van der Waals surface area contributed by atoms with Gasteiger partial charge < -0.3 is 29.3 Å². The number of aryl methyl sites for hydroxylation is 2. The molecule has 12 heteroatoms. The van der Waals surface area contributed by atoms with E-state index in [4.69, 9.17) is 25.8 Å². The predicted molar refractivity (Wildman–Crippen MR) is 172 cm³/mol. The van der Waals surface area contributed by atoms with Gasteiger partial charge in [-0.3, -0.25) is 14.4 Å². The Balaban J connectivity index is 1.46. The van der Waals surface area contributed by atoms with Crippen LogP contribution in [0, 0.1) is 13.8 Å². The van der Waals surface area contributed by atoms with Crippen molar-refractivity contribution in [2.75, 3.05) is 43.6 Å². The number of likely N-dealkylation sites (N-methyl/N-ethyl adjacent to an activating group) is 1. The van der Waals surface area contributed by atoms with Crippen molar-refractivity contribution in [1.29, 1.82) is 0 Å². The molecule has 0 saturated carbocycles. The zero-order valence-corrected chi connectivity index (χ0v) is 26.9. The van der Waals surface area contributed by atoms with Crippen LogP contribution in [-0.4, -0.2) is 68.1 Å². The van der Waals surface area contributed by atoms with Gasteiger partial charge in [-0.2, -0.15) is 0 Å². The van der Waals surface area contributed by atoms with Gasteiger partial charge in [0.1, 0.15) is 12.6 Å². The lowest BCUT2D eigenvalue weighted by Gasteiger charge is -2.25. The standard InChI is InChI=1S/C34H36ClN3O8/c1-5-44-30(39)19-37(4)34(43)45-20-31(40)46-29-11-8-16-38(28-15-12-23(35)18-27(28)29)33(42)26-14-13-24(17-22(26)3)36-32(41)25-10-7-6-9-21(25)2/h6-7,9-10,12-15,17-18,29H,5,8,11,16,19-20H2,1-4H3,(H,36,41). The molecule has 0 fully saturated rings. The molecular formula is C34H36ClN3O8. The van der Waals surface area contributed by atoms with Gasteiger partial charge in [0.05, 0.1) is 12.3 Å². The highest BCUT2D eigenvalue weighted by Crippen LogP contribution is 2.38. The molecule has 0 radical (unpaired) electrons. The van der Waals surface area contributed by atoms with Gasteiger partial charge in [0.25, 0.3) is 11.8 Å². The Morgan fingerprint density at radius 3 is 2.41 bits per heavy atom. The summed E-state index contributed by atoms with van der Waals surface area (Å²) < 4.78 is 15.5. The Morgan fingerprint density at radius 1 is 0.935 bits per heavy atom. The third kappa shape index (κ3) is 8.42. The monoisotopic (exact) mass is 649 g/mol. The fraction of sp³-hybridized carbons (Fsp3) is 0.324. The van der Waals surface area contributed by atoms with E-state index in [-0.39, 0.29) is 25.0 Å². The first-order chi connectivity index (χ1) is 22.0. The molecule has 1 aliphatic rings. The average Bonchev–Trinajstić information content (AvgIpc) is 3.18. The van der Waals surface area contributed by atoms with Crippen molar-refractivity contribution in [3.63, 3.8) is 0 Å². The minimum atomic E-state index is -0.887. The number of ether oxygens (including phenoxy) is 3. The normalized spacial score (nSPS) is 13.9. The molecule has 3 amide bonds. The number of nitrogens with zero attached hydrogens (tertiary/aromatic N) is 2. The molecular weight excluding hydrogens is 614 g/mol. The van der Waals surface area contributed by atoms with Gasteiger partial charge in [0.2, 0.25) is 0 Å². The van der Waals surface area contributed by atoms with Crippen LogP contribution in [0.5, 0.6) is 0 Å². The molecule has 3 aromatic carbocycles. The maximum absolute atomic E-state index is 13.9. The zero-order chi connectivity index (χ0) is 33.4. The molecule has 1 N–H and O–H groups in total. The first-order valence-electron chi connectivity index (χ1n) is 14.8. The number of nitrogens with one attached hydrogen (secondary N) is 1. The molecule has 46 heavy (non-hydrogen) atoms. The van der Waals surface area contributed by atoms with E-state index in [1.807, 2.05) is 19.1 Å². The average molecular weight is 650 g/mol. The second-order valence-corrected chi connectivity index (χ2v) is 11.2. The molecule has 4 rings (SSSR count). The number of fused-ring (bicyclic) bond motifs is 1. The van der Waals surface area contributed by atoms with Crippen LogP contribution in [0.2, 0.25) is 5.02 Å². The zero-order valence-electron chi connectivity index (χ0n) is 26.1. The SMILES string of the molecule is CCOC(=O)CN(C)C(=O)OCC(=O)OC1CCCN(C(=O)c2ccc(NC(=O)c3ccccc3C)cc2C)c2ccc(Cl)cc21. The van der Waals surface area contributed by atoms with Crippen molar-refractivity contribution in [1.82, 2.24) is 4.90 Å². The highest BCUT2D eigenvalue weighted by atomic mass is 35.5. The largest absolute Gasteiger partial charge is 0.465 e. The summed E-state index contributed by atoms with van der Waals surface area (Å²) in [5.41, 5.74) is 4.17. The predicted octanol–water partition coefficient (Wildman–Crippen LogP) is 5.87. The van der Waals surface area contributed by atoms with Crippen molar-refractivity contribution < 1.29 is 38.2 Å². The van der Waals surface area contributed by atoms with Gasteiger partial charge in [0, 0.05) is 41.0 Å². The molecule has 0 bridgehead atoms. The Kier molecular flexibility index (Phi) is 11.4. The van der Waals surface area contributed by atoms with Crippen LogP contribution in [0.4, 0.5) is 16.2 Å². The van der Waals surface area contributed by atoms with E-state index in [1.165, 1.54) is 7.05 Å². The van der Waals surface area contributed by atoms with Gasteiger partial charge in [0.15, 0.2) is 6.61 Å². The fourth-order valence-electron chi connectivity index (χ4n) is 5.11. The van der Waals surface area contributed by atoms with Crippen LogP contribution in [-0.2, 0) is 23.8 Å². The Hall–Kier alpha value is -4.90. The van der Waals surface area contributed by atoms with Gasteiger partial charge >= 0.3 is 18.0 Å². The van der Waals surface area contributed by atoms with E-state index in [1.54, 1.807) is 67.3 Å². The van der Waals surface area contributed by atoms with Gasteiger partial charge in [-0.1, -0.05) is 29.8 Å². The van der Waals surface area contributed by atoms with E-state index in [9.17, 15) is 24.0 Å². The number of hydrogen-bond acceptors (Lipinski definition) is 8. The summed E-state index contributed by atoms with van der Waals surface area (Å²) >= 11 is 6.32. The third-order valence-corrected chi connectivity index (χ3v) is 7.63. The molecule has 1 unspecified atom stereocenters. The second-order valence-electron chi connectivity index (χ2n) is 10.8. The van der Waals surface area contributed by atoms with E-state index in [0.717, 1.165) is 10.5 Å². The maximum atomic E-state index is 13.9. The van der Waals surface area contributed by atoms with Gasteiger partial charge in [-0.25, -0.2) is 9.59 Å². The summed E-state index contributed by atoms with van der Waals surface area (Å²) in [4.78, 5) is 65.9. The van der Waals surface area contributed by atoms with Crippen LogP contribution in [0.3, 0.4) is 0 Å². The lowest BCUT2D eigenvalue weighted by atomic mass is 10.0. The number of halogens is 1. The van der Waals surface area contributed by atoms with Crippen LogP contribution in [0.15, 0.2) is 60.7 Å². The Labute approximate surface area is 272 Å². The molecule has 11 nitrogen and oxygen atoms in total. The molecule has 0 aromatic heterocycles. The van der Waals surface area contributed by atoms with Crippen molar-refractivity contribution in [3.8, 4) is 0 Å². The summed E-state index contributed by atoms with van der Waals surface area (Å²) in [5, 5.41) is 3.29. The lowest BCUT2D eigenvalue weighted by molar-refractivity contribution is -0.153. The van der Waals surface area contributed by atoms with Crippen LogP contribution in [0.1, 0.15) is 63.3 Å². The molecule has 1 heterocycles. The Morgan fingerprint density at radius 2 is 1.70 bits per heavy atom. The smallest absolute Gasteiger partial charge is 0.410 e. The quantitative estimate of drug-likeness (QED) is 0.225. The first kappa shape index (κ1) is 34.0. The Bertz CT molecular complexity index is 1640. The minimum Gasteiger partial charge on any atom is -0.465 e. The lowest BCUT2D eigenvalue weighted by Crippen LogP contribution is -2.34. The summed E-state index contributed by atoms with van der Waals surface area (Å²) in [6, 6.07) is 17.4. The molecule has 242 valence electrons. The number of amides is 3. The van der Waals surface area contributed by atoms with Crippen LogP contribution in [0.25, 0.3) is 0 Å². The molecule has 1 atom stereocenters. The van der Waals surface area contributed by atoms with Crippen LogP contribution < -0.4 is 10.2 Å². The number of carbonyl (C=O) groups excluding carboxylic acids is 5. The molecule has 0 saturated heterocycles. The van der Waals surface area contributed by atoms with Crippen LogP contribution >= 0.6 is 11.6 Å². The fourth-order valence-corrected chi connectivity index (χ4v) is 5.29. The molecule has 0 aliphatic carbocycles. The summed E-state index contributed by atoms with van der Waals surface area (Å²) in [6.45, 7) is 4.83. The second kappa shape index (κ2) is 15.4. The topological polar surface area (TPSA) is 132 Å². The number of carbonyl (C=O) groups is 5. The highest BCUT2D eigenvalue weighted by Gasteiger charge is 2.30. The number of benzene rings is 3. The highest BCUT2D eigenvalue weighted by molar-refractivity contribution is 6.30. The number of rotatable bonds is 9. The van der Waals surface area contributed by atoms with Gasteiger partial charge in [-0.05, 0) is 87.2 Å². The van der Waals surface area contributed by atoms with E-state index < -0.39 is 30.7 Å². The summed E-state index contributed by atoms with van der Waals surface area (Å²) in [5.74, 6) is -1.91. The van der Waals surface area contributed by atoms with Gasteiger partial charge in [-0.15, -0.1) is 0 Å². The minimum absolute atomic E-state index is 0.171. The summed E-state index contributed by atoms with van der Waals surface area (Å²) in [6.07, 6.45) is -0.748. The number of anilines is 2. The van der Waals surface area contributed by atoms with Crippen molar-refractivity contribution in [2.24, 2.45) is 0 Å². The molecule has 1 aliphatic heterocycles. The first-order valence-corrected chi connectivity index (χ1v) is 15.2. The maximum Gasteiger partial charge on any atom is 0.410 e. The van der Waals surface area contributed by atoms with E-state index >= 15 is 0 Å². The third-order valence-electron chi connectivity index (χ3n) is 7.40. The van der Waals surface area contributed by atoms with E-state index in [2.05, 4.69) is 5.32 Å².